The summed E-state index contributed by atoms with van der Waals surface area (Å²) in [6.45, 7) is 12.7. The van der Waals surface area contributed by atoms with Crippen molar-refractivity contribution in [2.45, 2.75) is 53.0 Å². The standard InChI is InChI=1S/C18H30N2/c1-5-11-18(4,13-19-15(2)3)14-20-12-10-16-8-6-7-9-17(16)20/h6-9,15,19H,5,10-14H2,1-4H3. The van der Waals surface area contributed by atoms with E-state index in [4.69, 9.17) is 0 Å². The molecule has 0 bridgehead atoms. The molecule has 0 radical (unpaired) electrons. The lowest BCUT2D eigenvalue weighted by Crippen LogP contribution is -2.43. The zero-order chi connectivity index (χ0) is 14.6. The third kappa shape index (κ3) is 3.76. The molecule has 0 fully saturated rings. The quantitative estimate of drug-likeness (QED) is 0.812. The lowest BCUT2D eigenvalue weighted by atomic mass is 9.84. The van der Waals surface area contributed by atoms with Gasteiger partial charge in [0.25, 0.3) is 0 Å². The van der Waals surface area contributed by atoms with E-state index in [0.29, 0.717) is 11.5 Å². The van der Waals surface area contributed by atoms with Crippen molar-refractivity contribution in [2.75, 3.05) is 24.5 Å². The fourth-order valence-corrected chi connectivity index (χ4v) is 3.31. The minimum absolute atomic E-state index is 0.358. The predicted molar refractivity (Wildman–Crippen MR) is 88.5 cm³/mol. The molecule has 1 aromatic rings. The fraction of sp³-hybridized carbons (Fsp3) is 0.667. The summed E-state index contributed by atoms with van der Waals surface area (Å²) in [5.41, 5.74) is 3.33. The number of benzene rings is 1. The van der Waals surface area contributed by atoms with Gasteiger partial charge in [0.15, 0.2) is 0 Å². The SMILES string of the molecule is CCCC(C)(CNC(C)C)CN1CCc2ccccc21. The normalized spacial score (nSPS) is 17.4. The van der Waals surface area contributed by atoms with Gasteiger partial charge in [-0.3, -0.25) is 0 Å². The molecule has 1 atom stereocenters. The molecule has 2 heteroatoms. The van der Waals surface area contributed by atoms with Crippen LogP contribution in [-0.2, 0) is 6.42 Å². The monoisotopic (exact) mass is 274 g/mol. The molecular weight excluding hydrogens is 244 g/mol. The number of hydrogen-bond acceptors (Lipinski definition) is 2. The van der Waals surface area contributed by atoms with Crippen LogP contribution in [0.5, 0.6) is 0 Å². The number of anilines is 1. The first-order chi connectivity index (χ1) is 9.54. The number of nitrogens with one attached hydrogen (secondary N) is 1. The van der Waals surface area contributed by atoms with Gasteiger partial charge in [-0.2, -0.15) is 0 Å². The zero-order valence-corrected chi connectivity index (χ0v) is 13.6. The topological polar surface area (TPSA) is 15.3 Å². The van der Waals surface area contributed by atoms with E-state index in [1.54, 1.807) is 0 Å². The Bertz CT molecular complexity index is 427. The molecule has 1 aliphatic rings. The third-order valence-corrected chi connectivity index (χ3v) is 4.35. The molecule has 0 spiro atoms. The summed E-state index contributed by atoms with van der Waals surface area (Å²) in [5.74, 6) is 0. The molecule has 0 aliphatic carbocycles. The second kappa shape index (κ2) is 6.62. The first-order valence-corrected chi connectivity index (χ1v) is 8.10. The lowest BCUT2D eigenvalue weighted by Gasteiger charge is -2.36. The van der Waals surface area contributed by atoms with Gasteiger partial charge in [-0.05, 0) is 29.9 Å². The second-order valence-corrected chi connectivity index (χ2v) is 6.90. The van der Waals surface area contributed by atoms with E-state index >= 15 is 0 Å². The Kier molecular flexibility index (Phi) is 5.09. The van der Waals surface area contributed by atoms with Gasteiger partial charge in [-0.25, -0.2) is 0 Å². The first kappa shape index (κ1) is 15.4. The summed E-state index contributed by atoms with van der Waals surface area (Å²) < 4.78 is 0. The van der Waals surface area contributed by atoms with Crippen molar-refractivity contribution in [1.82, 2.24) is 5.32 Å². The zero-order valence-electron chi connectivity index (χ0n) is 13.6. The van der Waals surface area contributed by atoms with Crippen molar-refractivity contribution < 1.29 is 0 Å². The van der Waals surface area contributed by atoms with Crippen LogP contribution in [0.1, 0.15) is 46.1 Å². The molecule has 1 unspecified atom stereocenters. The molecular formula is C18H30N2. The number of fused-ring (bicyclic) bond motifs is 1. The minimum Gasteiger partial charge on any atom is -0.370 e. The van der Waals surface area contributed by atoms with Crippen LogP contribution in [-0.4, -0.2) is 25.7 Å². The molecule has 0 saturated heterocycles. The van der Waals surface area contributed by atoms with E-state index in [0.717, 1.165) is 13.1 Å². The van der Waals surface area contributed by atoms with Crippen molar-refractivity contribution in [2.24, 2.45) is 5.41 Å². The highest BCUT2D eigenvalue weighted by atomic mass is 15.2. The predicted octanol–water partition coefficient (Wildman–Crippen LogP) is 3.85. The Morgan fingerprint density at radius 1 is 1.30 bits per heavy atom. The summed E-state index contributed by atoms with van der Waals surface area (Å²) in [6, 6.07) is 9.45. The van der Waals surface area contributed by atoms with Crippen LogP contribution in [0.4, 0.5) is 5.69 Å². The minimum atomic E-state index is 0.358. The van der Waals surface area contributed by atoms with Crippen LogP contribution < -0.4 is 10.2 Å². The van der Waals surface area contributed by atoms with Gasteiger partial charge in [-0.1, -0.05) is 52.3 Å². The molecule has 1 aliphatic heterocycles. The van der Waals surface area contributed by atoms with Gasteiger partial charge in [0.2, 0.25) is 0 Å². The molecule has 0 aromatic heterocycles. The Morgan fingerprint density at radius 2 is 2.05 bits per heavy atom. The maximum Gasteiger partial charge on any atom is 0.0399 e. The largest absolute Gasteiger partial charge is 0.370 e. The van der Waals surface area contributed by atoms with Crippen molar-refractivity contribution in [3.8, 4) is 0 Å². The van der Waals surface area contributed by atoms with E-state index in [9.17, 15) is 0 Å². The maximum atomic E-state index is 3.64. The summed E-state index contributed by atoms with van der Waals surface area (Å²) in [7, 11) is 0. The summed E-state index contributed by atoms with van der Waals surface area (Å²) in [6.07, 6.45) is 3.74. The van der Waals surface area contributed by atoms with Crippen LogP contribution >= 0.6 is 0 Å². The van der Waals surface area contributed by atoms with Gasteiger partial charge in [0.1, 0.15) is 0 Å². The summed E-state index contributed by atoms with van der Waals surface area (Å²) in [5, 5.41) is 3.64. The number of rotatable bonds is 7. The van der Waals surface area contributed by atoms with Crippen LogP contribution in [0.2, 0.25) is 0 Å². The smallest absolute Gasteiger partial charge is 0.0399 e. The lowest BCUT2D eigenvalue weighted by molar-refractivity contribution is 0.273. The highest BCUT2D eigenvalue weighted by Gasteiger charge is 2.29. The van der Waals surface area contributed by atoms with E-state index in [1.165, 1.54) is 37.1 Å². The first-order valence-electron chi connectivity index (χ1n) is 8.10. The summed E-state index contributed by atoms with van der Waals surface area (Å²) in [4.78, 5) is 2.59. The summed E-state index contributed by atoms with van der Waals surface area (Å²) >= 11 is 0. The number of nitrogens with zero attached hydrogens (tertiary/aromatic N) is 1. The molecule has 1 heterocycles. The van der Waals surface area contributed by atoms with Gasteiger partial charge in [-0.15, -0.1) is 0 Å². The van der Waals surface area contributed by atoms with Gasteiger partial charge in [0.05, 0.1) is 0 Å². The van der Waals surface area contributed by atoms with E-state index < -0.39 is 0 Å². The fourth-order valence-electron chi connectivity index (χ4n) is 3.31. The highest BCUT2D eigenvalue weighted by molar-refractivity contribution is 5.57. The maximum absolute atomic E-state index is 3.64. The van der Waals surface area contributed by atoms with E-state index in [-0.39, 0.29) is 0 Å². The molecule has 20 heavy (non-hydrogen) atoms. The third-order valence-electron chi connectivity index (χ3n) is 4.35. The second-order valence-electron chi connectivity index (χ2n) is 6.90. The van der Waals surface area contributed by atoms with Crippen molar-refractivity contribution in [1.29, 1.82) is 0 Å². The Balaban J connectivity index is 2.05. The van der Waals surface area contributed by atoms with Gasteiger partial charge in [0, 0.05) is 31.4 Å². The average Bonchev–Trinajstić information content (AvgIpc) is 2.80. The highest BCUT2D eigenvalue weighted by Crippen LogP contribution is 2.32. The molecule has 1 N–H and O–H groups in total. The van der Waals surface area contributed by atoms with Crippen molar-refractivity contribution in [3.63, 3.8) is 0 Å². The Morgan fingerprint density at radius 3 is 2.75 bits per heavy atom. The van der Waals surface area contributed by atoms with Gasteiger partial charge >= 0.3 is 0 Å². The van der Waals surface area contributed by atoms with Crippen LogP contribution in [0.3, 0.4) is 0 Å². The van der Waals surface area contributed by atoms with Crippen molar-refractivity contribution in [3.05, 3.63) is 29.8 Å². The molecule has 2 rings (SSSR count). The Hall–Kier alpha value is -1.02. The van der Waals surface area contributed by atoms with Crippen LogP contribution in [0.25, 0.3) is 0 Å². The van der Waals surface area contributed by atoms with Crippen LogP contribution in [0, 0.1) is 5.41 Å². The molecule has 112 valence electrons. The number of para-hydroxylation sites is 1. The van der Waals surface area contributed by atoms with E-state index in [1.807, 2.05) is 0 Å². The molecule has 0 saturated carbocycles. The van der Waals surface area contributed by atoms with E-state index in [2.05, 4.69) is 62.2 Å². The van der Waals surface area contributed by atoms with Crippen molar-refractivity contribution >= 4 is 5.69 Å². The molecule has 1 aromatic carbocycles. The van der Waals surface area contributed by atoms with Crippen LogP contribution in [0.15, 0.2) is 24.3 Å². The van der Waals surface area contributed by atoms with Gasteiger partial charge < -0.3 is 10.2 Å². The Labute approximate surface area is 124 Å². The molecule has 2 nitrogen and oxygen atoms in total. The average molecular weight is 274 g/mol. The number of hydrogen-bond donors (Lipinski definition) is 1. The molecule has 0 amide bonds.